The van der Waals surface area contributed by atoms with E-state index in [1.165, 1.54) is 19.1 Å². The van der Waals surface area contributed by atoms with Gasteiger partial charge in [0.25, 0.3) is 11.2 Å². The van der Waals surface area contributed by atoms with Crippen molar-refractivity contribution in [2.75, 3.05) is 0 Å². The van der Waals surface area contributed by atoms with Gasteiger partial charge < -0.3 is 20.2 Å². The highest BCUT2D eigenvalue weighted by Crippen LogP contribution is 2.18. The van der Waals surface area contributed by atoms with Gasteiger partial charge in [-0.1, -0.05) is 12.1 Å². The van der Waals surface area contributed by atoms with Crippen molar-refractivity contribution < 1.29 is 14.6 Å². The van der Waals surface area contributed by atoms with Crippen molar-refractivity contribution in [2.45, 2.75) is 19.6 Å². The van der Waals surface area contributed by atoms with Gasteiger partial charge in [-0.05, 0) is 13.0 Å². The van der Waals surface area contributed by atoms with Crippen LogP contribution in [0.3, 0.4) is 0 Å². The van der Waals surface area contributed by atoms with E-state index in [1.807, 2.05) is 0 Å². The van der Waals surface area contributed by atoms with Gasteiger partial charge in [-0.3, -0.25) is 0 Å². The molecule has 1 aromatic carbocycles. The van der Waals surface area contributed by atoms with E-state index >= 15 is 0 Å². The first kappa shape index (κ1) is 11.6. The third-order valence-electron chi connectivity index (χ3n) is 2.62. The zero-order chi connectivity index (χ0) is 12.6. The molecular formula is C11H12N2O4. The second-order valence-electron chi connectivity index (χ2n) is 3.74. The van der Waals surface area contributed by atoms with Crippen molar-refractivity contribution in [1.82, 2.24) is 4.73 Å². The van der Waals surface area contributed by atoms with Gasteiger partial charge in [0.2, 0.25) is 0 Å². The van der Waals surface area contributed by atoms with Crippen LogP contribution in [0.1, 0.15) is 24.4 Å². The summed E-state index contributed by atoms with van der Waals surface area (Å²) in [5.74, 6) is 0. The van der Waals surface area contributed by atoms with Gasteiger partial charge in [0, 0.05) is 11.0 Å². The molecule has 2 aromatic rings. The molecule has 0 saturated carbocycles. The van der Waals surface area contributed by atoms with Crippen LogP contribution in [0.25, 0.3) is 11.0 Å². The number of aromatic nitrogens is 2. The van der Waals surface area contributed by atoms with Crippen LogP contribution in [0, 0.1) is 10.1 Å². The highest BCUT2D eigenvalue weighted by Gasteiger charge is 2.25. The fourth-order valence-corrected chi connectivity index (χ4v) is 1.86. The molecule has 0 aliphatic heterocycles. The van der Waals surface area contributed by atoms with Crippen LogP contribution >= 0.6 is 0 Å². The summed E-state index contributed by atoms with van der Waals surface area (Å²) in [6.07, 6.45) is -1.13. The molecular weight excluding hydrogens is 224 g/mol. The minimum atomic E-state index is -1.13. The highest BCUT2D eigenvalue weighted by molar-refractivity contribution is 5.72. The second kappa shape index (κ2) is 4.15. The van der Waals surface area contributed by atoms with Crippen LogP contribution in [0.15, 0.2) is 24.3 Å². The van der Waals surface area contributed by atoms with E-state index in [0.717, 1.165) is 0 Å². The molecule has 0 bridgehead atoms. The molecule has 2 rings (SSSR count). The number of hydrogen-bond donors (Lipinski definition) is 2. The van der Waals surface area contributed by atoms with E-state index in [4.69, 9.17) is 5.11 Å². The van der Waals surface area contributed by atoms with E-state index in [-0.39, 0.29) is 22.4 Å². The van der Waals surface area contributed by atoms with Crippen molar-refractivity contribution >= 4 is 11.0 Å². The molecule has 0 saturated heterocycles. The number of fused-ring (bicyclic) bond motifs is 1. The second-order valence-corrected chi connectivity index (χ2v) is 3.74. The Hall–Kier alpha value is -1.92. The average Bonchev–Trinajstić information content (AvgIpc) is 2.33. The normalized spacial score (nSPS) is 12.9. The van der Waals surface area contributed by atoms with Gasteiger partial charge in [0.05, 0.1) is 11.0 Å². The highest BCUT2D eigenvalue weighted by atomic mass is 16.5. The number of para-hydroxylation sites is 2. The summed E-state index contributed by atoms with van der Waals surface area (Å²) < 4.78 is 0.964. The third-order valence-corrected chi connectivity index (χ3v) is 2.62. The van der Waals surface area contributed by atoms with Gasteiger partial charge in [0.15, 0.2) is 0 Å². The van der Waals surface area contributed by atoms with Crippen molar-refractivity contribution in [2.24, 2.45) is 0 Å². The molecule has 0 amide bonds. The fourth-order valence-electron chi connectivity index (χ4n) is 1.86. The summed E-state index contributed by atoms with van der Waals surface area (Å²) in [6, 6.07) is 6.23. The van der Waals surface area contributed by atoms with Crippen LogP contribution in [-0.4, -0.2) is 14.9 Å². The van der Waals surface area contributed by atoms with Gasteiger partial charge in [0.1, 0.15) is 17.3 Å². The quantitative estimate of drug-likeness (QED) is 0.740. The summed E-state index contributed by atoms with van der Waals surface area (Å²) in [4.78, 5) is 12.0. The largest absolute Gasteiger partial charge is 0.805 e. The lowest BCUT2D eigenvalue weighted by molar-refractivity contribution is -0.482. The van der Waals surface area contributed by atoms with Gasteiger partial charge in [-0.25, -0.2) is 0 Å². The van der Waals surface area contributed by atoms with Crippen LogP contribution < -0.4 is 4.43 Å². The Balaban J connectivity index is 2.99. The third kappa shape index (κ3) is 1.67. The zero-order valence-corrected chi connectivity index (χ0v) is 9.20. The van der Waals surface area contributed by atoms with Crippen LogP contribution in [0.2, 0.25) is 0 Å². The van der Waals surface area contributed by atoms with E-state index in [1.54, 1.807) is 12.1 Å². The summed E-state index contributed by atoms with van der Waals surface area (Å²) >= 11 is 0. The van der Waals surface area contributed by atoms with Crippen molar-refractivity contribution in [3.05, 3.63) is 45.8 Å². The lowest BCUT2D eigenvalue weighted by atomic mass is 10.2. The number of hydrogen-bond acceptors (Lipinski definition) is 4. The van der Waals surface area contributed by atoms with Gasteiger partial charge in [-0.15, -0.1) is 0 Å². The Kier molecular flexibility index (Phi) is 2.83. The maximum absolute atomic E-state index is 12.0. The minimum absolute atomic E-state index is 0.124. The topological polar surface area (TPSA) is 91.4 Å². The lowest BCUT2D eigenvalue weighted by Crippen LogP contribution is -2.29. The van der Waals surface area contributed by atoms with E-state index in [9.17, 15) is 15.2 Å². The Morgan fingerprint density at radius 3 is 2.71 bits per heavy atom. The average molecular weight is 236 g/mol. The molecule has 6 nitrogen and oxygen atoms in total. The lowest BCUT2D eigenvalue weighted by Gasteiger charge is -2.18. The first-order valence-corrected chi connectivity index (χ1v) is 5.13. The minimum Gasteiger partial charge on any atom is -0.805 e. The summed E-state index contributed by atoms with van der Waals surface area (Å²) in [6.45, 7) is 0.772. The monoisotopic (exact) mass is 236 g/mol. The smallest absolute Gasteiger partial charge is 0.289 e. The van der Waals surface area contributed by atoms with Crippen molar-refractivity contribution in [3.8, 4) is 0 Å². The molecule has 2 N–H and O–H groups in total. The Bertz CT molecular complexity index is 619. The number of rotatable bonds is 2. The first-order chi connectivity index (χ1) is 8.07. The van der Waals surface area contributed by atoms with Crippen molar-refractivity contribution in [1.29, 1.82) is 0 Å². The molecule has 1 heterocycles. The molecule has 0 aliphatic carbocycles. The zero-order valence-electron chi connectivity index (χ0n) is 9.20. The molecule has 0 aliphatic rings. The predicted molar refractivity (Wildman–Crippen MR) is 60.6 cm³/mol. The molecule has 1 aromatic heterocycles. The number of aliphatic hydroxyl groups is 2. The van der Waals surface area contributed by atoms with Gasteiger partial charge >= 0.3 is 0 Å². The Morgan fingerprint density at radius 2 is 2.12 bits per heavy atom. The molecule has 0 fully saturated rings. The van der Waals surface area contributed by atoms with E-state index in [0.29, 0.717) is 9.16 Å². The summed E-state index contributed by atoms with van der Waals surface area (Å²) in [5.41, 5.74) is 0.0708. The maximum Gasteiger partial charge on any atom is 0.289 e. The Labute approximate surface area is 96.5 Å². The van der Waals surface area contributed by atoms with Crippen LogP contribution in [-0.2, 0) is 6.61 Å². The summed E-state index contributed by atoms with van der Waals surface area (Å²) in [5, 5.41) is 30.6. The van der Waals surface area contributed by atoms with E-state index < -0.39 is 12.7 Å². The molecule has 0 radical (unpaired) electrons. The van der Waals surface area contributed by atoms with E-state index in [2.05, 4.69) is 0 Å². The SMILES string of the molecule is CC(O)c1c(CO)n([O-])c2ccccc2[n+]1=O. The molecule has 1 unspecified atom stereocenters. The predicted octanol–water partition coefficient (Wildman–Crippen LogP) is 0.447. The molecule has 17 heavy (non-hydrogen) atoms. The van der Waals surface area contributed by atoms with Gasteiger partial charge in [-0.2, -0.15) is 0 Å². The van der Waals surface area contributed by atoms with Crippen molar-refractivity contribution in [3.63, 3.8) is 0 Å². The standard InChI is InChI=1S/C11H12N2O4/c1-7(15)11-10(6-14)12(16)8-4-2-3-5-9(8)13(11)17/h2-5,7,14-15H,6H2,1H3. The number of benzene rings is 1. The molecule has 0 spiro atoms. The first-order valence-electron chi connectivity index (χ1n) is 5.13. The number of nitrogens with zero attached hydrogens (tertiary/aromatic N) is 2. The fraction of sp³-hybridized carbons (Fsp3) is 0.273. The summed E-state index contributed by atoms with van der Waals surface area (Å²) in [7, 11) is 0. The maximum atomic E-state index is 12.0. The van der Waals surface area contributed by atoms with Crippen LogP contribution in [0.5, 0.6) is 0 Å². The molecule has 90 valence electrons. The number of aliphatic hydroxyl groups excluding tert-OH is 2. The molecule has 1 atom stereocenters. The Morgan fingerprint density at radius 1 is 1.47 bits per heavy atom. The molecule has 6 heteroatoms. The van der Waals surface area contributed by atoms with Crippen LogP contribution in [0.4, 0.5) is 0 Å².